The van der Waals surface area contributed by atoms with Crippen molar-refractivity contribution in [2.45, 2.75) is 13.1 Å². The Kier molecular flexibility index (Phi) is 7.17. The summed E-state index contributed by atoms with van der Waals surface area (Å²) in [4.78, 5) is 17.2. The average molecular weight is 572 g/mol. The van der Waals surface area contributed by atoms with E-state index >= 15 is 0 Å². The lowest BCUT2D eigenvalue weighted by Crippen LogP contribution is -2.22. The molecule has 5 rings (SSSR count). The minimum atomic E-state index is -0.191. The van der Waals surface area contributed by atoms with Crippen LogP contribution in [0.3, 0.4) is 0 Å². The molecule has 0 saturated heterocycles. The Morgan fingerprint density at radius 2 is 1.76 bits per heavy atom. The van der Waals surface area contributed by atoms with E-state index in [2.05, 4.69) is 37.7 Å². The van der Waals surface area contributed by atoms with Crippen molar-refractivity contribution >= 4 is 44.9 Å². The molecule has 37 heavy (non-hydrogen) atoms. The van der Waals surface area contributed by atoms with Gasteiger partial charge in [-0.1, -0.05) is 54.1 Å². The Hall–Kier alpha value is -4.19. The smallest absolute Gasteiger partial charge is 0.251 e. The maximum absolute atomic E-state index is 12.5. The Balaban J connectivity index is 1.31. The number of nitrogens with zero attached hydrogens (tertiary/aromatic N) is 4. The first-order chi connectivity index (χ1) is 18.0. The predicted octanol–water partition coefficient (Wildman–Crippen LogP) is 6.23. The first-order valence-corrected chi connectivity index (χ1v) is 12.6. The summed E-state index contributed by atoms with van der Waals surface area (Å²) in [5.41, 5.74) is 5.30. The standard InChI is InChI=1S/C28H20BrClN6O/c29-23-17-34-36-26(13-25(35-27(23)36)22-6-1-2-7-24(22)30)32-15-19-4-3-5-20(12-19)16-33-28(37)21-10-8-18(14-31)9-11-21/h1-13,17,32H,15-16H2,(H,33,37). The molecule has 0 bridgehead atoms. The third kappa shape index (κ3) is 5.48. The van der Waals surface area contributed by atoms with E-state index in [1.54, 1.807) is 35.0 Å². The number of carbonyl (C=O) groups is 1. The lowest BCUT2D eigenvalue weighted by Gasteiger charge is -2.12. The summed E-state index contributed by atoms with van der Waals surface area (Å²) < 4.78 is 2.52. The number of nitrogens with one attached hydrogen (secondary N) is 2. The highest BCUT2D eigenvalue weighted by Gasteiger charge is 2.13. The number of nitriles is 1. The molecular formula is C28H20BrClN6O. The van der Waals surface area contributed by atoms with Gasteiger partial charge in [-0.3, -0.25) is 4.79 Å². The van der Waals surface area contributed by atoms with Crippen molar-refractivity contribution < 1.29 is 4.79 Å². The number of amides is 1. The van der Waals surface area contributed by atoms with Crippen LogP contribution in [-0.2, 0) is 13.1 Å². The van der Waals surface area contributed by atoms with Crippen LogP contribution in [0.15, 0.2) is 89.5 Å². The van der Waals surface area contributed by atoms with Gasteiger partial charge in [-0.05, 0) is 57.4 Å². The van der Waals surface area contributed by atoms with E-state index in [4.69, 9.17) is 21.8 Å². The Morgan fingerprint density at radius 1 is 1.00 bits per heavy atom. The van der Waals surface area contributed by atoms with Crippen LogP contribution in [-0.4, -0.2) is 20.5 Å². The van der Waals surface area contributed by atoms with E-state index in [1.165, 1.54) is 0 Å². The normalized spacial score (nSPS) is 10.7. The van der Waals surface area contributed by atoms with Gasteiger partial charge in [-0.2, -0.15) is 14.9 Å². The highest BCUT2D eigenvalue weighted by Crippen LogP contribution is 2.30. The van der Waals surface area contributed by atoms with E-state index in [0.717, 1.165) is 32.7 Å². The Morgan fingerprint density at radius 3 is 2.51 bits per heavy atom. The fourth-order valence-corrected chi connectivity index (χ4v) is 4.47. The van der Waals surface area contributed by atoms with Crippen LogP contribution in [0.5, 0.6) is 0 Å². The number of rotatable bonds is 7. The summed E-state index contributed by atoms with van der Waals surface area (Å²) >= 11 is 9.96. The van der Waals surface area contributed by atoms with Gasteiger partial charge in [0.2, 0.25) is 0 Å². The van der Waals surface area contributed by atoms with Gasteiger partial charge in [-0.15, -0.1) is 0 Å². The molecule has 0 saturated carbocycles. The Bertz CT molecular complexity index is 1640. The second-order valence-electron chi connectivity index (χ2n) is 8.28. The molecule has 0 aliphatic carbocycles. The van der Waals surface area contributed by atoms with E-state index in [-0.39, 0.29) is 5.91 Å². The number of hydrogen-bond acceptors (Lipinski definition) is 5. The lowest BCUT2D eigenvalue weighted by molar-refractivity contribution is 0.0951. The highest BCUT2D eigenvalue weighted by molar-refractivity contribution is 9.10. The molecule has 0 fully saturated rings. The van der Waals surface area contributed by atoms with Gasteiger partial charge in [-0.25, -0.2) is 4.98 Å². The third-order valence-electron chi connectivity index (χ3n) is 5.77. The zero-order valence-electron chi connectivity index (χ0n) is 19.5. The summed E-state index contributed by atoms with van der Waals surface area (Å²) in [5, 5.41) is 20.4. The molecule has 2 N–H and O–H groups in total. The average Bonchev–Trinajstić information content (AvgIpc) is 3.31. The number of fused-ring (bicyclic) bond motifs is 1. The van der Waals surface area contributed by atoms with E-state index in [9.17, 15) is 4.79 Å². The van der Waals surface area contributed by atoms with E-state index < -0.39 is 0 Å². The van der Waals surface area contributed by atoms with Crippen molar-refractivity contribution in [3.8, 4) is 17.3 Å². The molecule has 0 spiro atoms. The quantitative estimate of drug-likeness (QED) is 0.242. The van der Waals surface area contributed by atoms with Gasteiger partial charge in [0.1, 0.15) is 5.82 Å². The van der Waals surface area contributed by atoms with Crippen LogP contribution < -0.4 is 10.6 Å². The molecule has 7 nitrogen and oxygen atoms in total. The molecule has 2 aromatic heterocycles. The van der Waals surface area contributed by atoms with Crippen molar-refractivity contribution in [1.29, 1.82) is 5.26 Å². The number of anilines is 1. The summed E-state index contributed by atoms with van der Waals surface area (Å²) in [6.07, 6.45) is 1.71. The second-order valence-corrected chi connectivity index (χ2v) is 9.54. The number of hydrogen-bond donors (Lipinski definition) is 2. The fraction of sp³-hybridized carbons (Fsp3) is 0.0714. The van der Waals surface area contributed by atoms with Crippen molar-refractivity contribution in [1.82, 2.24) is 19.9 Å². The van der Waals surface area contributed by atoms with Crippen LogP contribution in [0.25, 0.3) is 16.9 Å². The maximum atomic E-state index is 12.5. The molecule has 2 heterocycles. The first kappa shape index (κ1) is 24.5. The van der Waals surface area contributed by atoms with Gasteiger partial charge in [0, 0.05) is 35.3 Å². The van der Waals surface area contributed by atoms with E-state index in [1.807, 2.05) is 54.6 Å². The van der Waals surface area contributed by atoms with Gasteiger partial charge in [0.25, 0.3) is 5.91 Å². The number of aromatic nitrogens is 3. The number of halogens is 2. The minimum Gasteiger partial charge on any atom is -0.366 e. The molecule has 182 valence electrons. The van der Waals surface area contributed by atoms with Gasteiger partial charge < -0.3 is 10.6 Å². The zero-order valence-corrected chi connectivity index (χ0v) is 21.8. The Labute approximate surface area is 226 Å². The number of carbonyl (C=O) groups excluding carboxylic acids is 1. The number of benzene rings is 3. The van der Waals surface area contributed by atoms with Crippen LogP contribution in [0.1, 0.15) is 27.0 Å². The van der Waals surface area contributed by atoms with Crippen LogP contribution in [0.4, 0.5) is 5.82 Å². The monoisotopic (exact) mass is 570 g/mol. The molecule has 0 radical (unpaired) electrons. The highest BCUT2D eigenvalue weighted by atomic mass is 79.9. The molecule has 9 heteroatoms. The topological polar surface area (TPSA) is 95.1 Å². The zero-order chi connectivity index (χ0) is 25.8. The van der Waals surface area contributed by atoms with Crippen LogP contribution in [0.2, 0.25) is 5.02 Å². The van der Waals surface area contributed by atoms with Gasteiger partial charge in [0.15, 0.2) is 5.65 Å². The summed E-state index contributed by atoms with van der Waals surface area (Å²) in [5.74, 6) is 0.577. The molecule has 3 aromatic carbocycles. The summed E-state index contributed by atoms with van der Waals surface area (Å²) in [6, 6.07) is 26.1. The van der Waals surface area contributed by atoms with Crippen molar-refractivity contribution in [3.05, 3.63) is 117 Å². The predicted molar refractivity (Wildman–Crippen MR) is 147 cm³/mol. The van der Waals surface area contributed by atoms with Crippen molar-refractivity contribution in [3.63, 3.8) is 0 Å². The third-order valence-corrected chi connectivity index (χ3v) is 6.66. The molecule has 0 atom stereocenters. The van der Waals surface area contributed by atoms with E-state index in [0.29, 0.717) is 34.9 Å². The SMILES string of the molecule is N#Cc1ccc(C(=O)NCc2cccc(CNc3cc(-c4ccccc4Cl)nc4c(Br)cnn34)c2)cc1. The minimum absolute atomic E-state index is 0.191. The van der Waals surface area contributed by atoms with Crippen LogP contribution >= 0.6 is 27.5 Å². The summed E-state index contributed by atoms with van der Waals surface area (Å²) in [7, 11) is 0. The van der Waals surface area contributed by atoms with Crippen molar-refractivity contribution in [2.24, 2.45) is 0 Å². The molecule has 0 aliphatic rings. The molecule has 0 unspecified atom stereocenters. The lowest BCUT2D eigenvalue weighted by atomic mass is 10.1. The summed E-state index contributed by atoms with van der Waals surface area (Å²) in [6.45, 7) is 0.922. The largest absolute Gasteiger partial charge is 0.366 e. The molecular weight excluding hydrogens is 552 g/mol. The second kappa shape index (κ2) is 10.8. The van der Waals surface area contributed by atoms with Crippen molar-refractivity contribution in [2.75, 3.05) is 5.32 Å². The molecule has 1 amide bonds. The first-order valence-electron chi connectivity index (χ1n) is 11.4. The molecule has 0 aliphatic heterocycles. The fourth-order valence-electron chi connectivity index (χ4n) is 3.89. The maximum Gasteiger partial charge on any atom is 0.251 e. The van der Waals surface area contributed by atoms with Crippen LogP contribution in [0, 0.1) is 11.3 Å². The van der Waals surface area contributed by atoms with Gasteiger partial charge in [0.05, 0.1) is 28.0 Å². The van der Waals surface area contributed by atoms with Gasteiger partial charge >= 0.3 is 0 Å². The molecule has 5 aromatic rings.